The molecule has 0 spiro atoms. The molecule has 1 fully saturated rings. The van der Waals surface area contributed by atoms with Gasteiger partial charge < -0.3 is 9.47 Å². The molecule has 1 unspecified atom stereocenters. The summed E-state index contributed by atoms with van der Waals surface area (Å²) in [5.74, 6) is -2.70. The van der Waals surface area contributed by atoms with Crippen molar-refractivity contribution in [3.05, 3.63) is 89.5 Å². The first kappa shape index (κ1) is 27.8. The lowest BCUT2D eigenvalue weighted by Crippen LogP contribution is -2.25. The van der Waals surface area contributed by atoms with Crippen LogP contribution < -0.4 is 4.74 Å². The number of carbonyl (C=O) groups excluding carboxylic acids is 1. The van der Waals surface area contributed by atoms with E-state index in [1.807, 2.05) is 0 Å². The van der Waals surface area contributed by atoms with Gasteiger partial charge in [0.15, 0.2) is 0 Å². The Balaban J connectivity index is 1.38. The topological polar surface area (TPSA) is 47.9 Å². The average Bonchev–Trinajstić information content (AvgIpc) is 3.37. The van der Waals surface area contributed by atoms with Gasteiger partial charge in [0.1, 0.15) is 17.4 Å². The lowest BCUT2D eigenvalue weighted by molar-refractivity contribution is -0.274. The van der Waals surface area contributed by atoms with Crippen molar-refractivity contribution in [2.45, 2.75) is 50.9 Å². The van der Waals surface area contributed by atoms with Crippen LogP contribution in [0.15, 0.2) is 71.7 Å². The molecule has 0 bridgehead atoms. The van der Waals surface area contributed by atoms with Gasteiger partial charge in [-0.3, -0.25) is 9.79 Å². The van der Waals surface area contributed by atoms with E-state index in [4.69, 9.17) is 4.74 Å². The Labute approximate surface area is 228 Å². The van der Waals surface area contributed by atoms with E-state index >= 15 is 0 Å². The fourth-order valence-electron chi connectivity index (χ4n) is 5.47. The maximum atomic E-state index is 14.6. The number of esters is 1. The van der Waals surface area contributed by atoms with Crippen LogP contribution in [0.2, 0.25) is 0 Å². The molecular formula is C31H28F5NO3. The van der Waals surface area contributed by atoms with Gasteiger partial charge in [-0.1, -0.05) is 61.7 Å². The number of nitrogens with zero attached hydrogens (tertiary/aromatic N) is 1. The van der Waals surface area contributed by atoms with Crippen molar-refractivity contribution < 1.29 is 36.2 Å². The molecule has 0 aromatic heterocycles. The standard InChI is InChI=1S/C31H28F5NO3/c32-25-7-4-8-26(33)28(25)27-17-24(30(38)39-18-19-5-2-1-3-6-19)29(37-27)22-11-9-20(10-12-22)21-13-15-23(16-14-21)40-31(34,35)36/h4,7-16,19,24,29H,1-3,5-6,17-18H2/t24-,29?/m0/s1. The van der Waals surface area contributed by atoms with Gasteiger partial charge in [0.05, 0.1) is 24.1 Å². The van der Waals surface area contributed by atoms with Crippen molar-refractivity contribution >= 4 is 11.7 Å². The highest BCUT2D eigenvalue weighted by Gasteiger charge is 2.39. The van der Waals surface area contributed by atoms with E-state index in [2.05, 4.69) is 9.73 Å². The molecule has 4 nitrogen and oxygen atoms in total. The van der Waals surface area contributed by atoms with Crippen molar-refractivity contribution in [2.24, 2.45) is 16.8 Å². The molecule has 0 saturated heterocycles. The smallest absolute Gasteiger partial charge is 0.465 e. The van der Waals surface area contributed by atoms with E-state index in [9.17, 15) is 26.7 Å². The summed E-state index contributed by atoms with van der Waals surface area (Å²) in [4.78, 5) is 17.9. The molecule has 3 aromatic carbocycles. The quantitative estimate of drug-likeness (QED) is 0.217. The SMILES string of the molecule is O=C(OCC1CCCCC1)[C@H]1CC(c2c(F)cccc2F)=NC1c1ccc(-c2ccc(OC(F)(F)F)cc2)cc1. The molecule has 1 aliphatic carbocycles. The Morgan fingerprint density at radius 2 is 1.45 bits per heavy atom. The molecular weight excluding hydrogens is 529 g/mol. The molecule has 9 heteroatoms. The monoisotopic (exact) mass is 557 g/mol. The first-order valence-corrected chi connectivity index (χ1v) is 13.3. The van der Waals surface area contributed by atoms with Gasteiger partial charge in [-0.15, -0.1) is 13.2 Å². The maximum Gasteiger partial charge on any atom is 0.573 e. The second kappa shape index (κ2) is 11.8. The van der Waals surface area contributed by atoms with E-state index in [0.717, 1.165) is 43.4 Å². The molecule has 1 aliphatic heterocycles. The summed E-state index contributed by atoms with van der Waals surface area (Å²) in [6.45, 7) is 0.318. The van der Waals surface area contributed by atoms with Gasteiger partial charge in [0.2, 0.25) is 0 Å². The third kappa shape index (κ3) is 6.51. The molecule has 210 valence electrons. The molecule has 0 N–H and O–H groups in total. The average molecular weight is 558 g/mol. The second-order valence-corrected chi connectivity index (χ2v) is 10.3. The third-order valence-electron chi connectivity index (χ3n) is 7.50. The van der Waals surface area contributed by atoms with Crippen molar-refractivity contribution in [2.75, 3.05) is 6.61 Å². The Morgan fingerprint density at radius 3 is 2.05 bits per heavy atom. The molecule has 0 amide bonds. The van der Waals surface area contributed by atoms with Gasteiger partial charge in [-0.25, -0.2) is 8.78 Å². The number of alkyl halides is 3. The van der Waals surface area contributed by atoms with Crippen LogP contribution in [0.5, 0.6) is 5.75 Å². The number of hydrogen-bond acceptors (Lipinski definition) is 4. The van der Waals surface area contributed by atoms with Gasteiger partial charge in [0, 0.05) is 12.1 Å². The van der Waals surface area contributed by atoms with Gasteiger partial charge in [-0.05, 0) is 59.7 Å². The van der Waals surface area contributed by atoms with E-state index in [1.54, 1.807) is 24.3 Å². The van der Waals surface area contributed by atoms with Gasteiger partial charge in [0.25, 0.3) is 0 Å². The minimum atomic E-state index is -4.77. The Hall–Kier alpha value is -3.75. The normalized spacial score (nSPS) is 19.8. The second-order valence-electron chi connectivity index (χ2n) is 10.3. The highest BCUT2D eigenvalue weighted by Crippen LogP contribution is 2.39. The molecule has 3 aromatic rings. The summed E-state index contributed by atoms with van der Waals surface area (Å²) in [6.07, 6.45) is 0.680. The van der Waals surface area contributed by atoms with E-state index in [0.29, 0.717) is 23.7 Å². The molecule has 40 heavy (non-hydrogen) atoms. The van der Waals surface area contributed by atoms with E-state index in [1.165, 1.54) is 36.8 Å². The summed E-state index contributed by atoms with van der Waals surface area (Å²) in [6, 6.07) is 15.4. The van der Waals surface area contributed by atoms with Crippen molar-refractivity contribution in [1.29, 1.82) is 0 Å². The fourth-order valence-corrected chi connectivity index (χ4v) is 5.47. The van der Waals surface area contributed by atoms with Gasteiger partial charge >= 0.3 is 12.3 Å². The molecule has 5 rings (SSSR count). The summed E-state index contributed by atoms with van der Waals surface area (Å²) in [5.41, 5.74) is 1.97. The predicted octanol–water partition coefficient (Wildman–Crippen LogP) is 8.20. The number of carbonyl (C=O) groups is 1. The Morgan fingerprint density at radius 1 is 0.850 bits per heavy atom. The fraction of sp³-hybridized carbons (Fsp3) is 0.355. The molecule has 1 heterocycles. The summed E-state index contributed by atoms with van der Waals surface area (Å²) < 4.78 is 76.2. The Kier molecular flexibility index (Phi) is 8.19. The van der Waals surface area contributed by atoms with Crippen LogP contribution in [0.4, 0.5) is 22.0 Å². The number of aliphatic imine (C=N–C) groups is 1. The van der Waals surface area contributed by atoms with Gasteiger partial charge in [-0.2, -0.15) is 0 Å². The van der Waals surface area contributed by atoms with Crippen LogP contribution in [0, 0.1) is 23.5 Å². The highest BCUT2D eigenvalue weighted by molar-refractivity contribution is 6.04. The number of benzene rings is 3. The zero-order valence-electron chi connectivity index (χ0n) is 21.6. The molecule has 1 saturated carbocycles. The Bertz CT molecular complexity index is 1340. The first-order valence-electron chi connectivity index (χ1n) is 13.3. The lowest BCUT2D eigenvalue weighted by Gasteiger charge is -2.23. The number of halogens is 5. The summed E-state index contributed by atoms with van der Waals surface area (Å²) in [5, 5.41) is 0. The highest BCUT2D eigenvalue weighted by atomic mass is 19.4. The van der Waals surface area contributed by atoms with Crippen LogP contribution >= 0.6 is 0 Å². The van der Waals surface area contributed by atoms with Crippen LogP contribution in [0.25, 0.3) is 11.1 Å². The minimum Gasteiger partial charge on any atom is -0.465 e. The zero-order valence-corrected chi connectivity index (χ0v) is 21.6. The molecule has 2 atom stereocenters. The van der Waals surface area contributed by atoms with E-state index < -0.39 is 35.9 Å². The zero-order chi connectivity index (χ0) is 28.3. The van der Waals surface area contributed by atoms with E-state index in [-0.39, 0.29) is 23.4 Å². The van der Waals surface area contributed by atoms with Crippen molar-refractivity contribution in [1.82, 2.24) is 0 Å². The number of rotatable bonds is 7. The minimum absolute atomic E-state index is 0.0361. The number of ether oxygens (including phenoxy) is 2. The number of hydrogen-bond donors (Lipinski definition) is 0. The largest absolute Gasteiger partial charge is 0.573 e. The third-order valence-corrected chi connectivity index (χ3v) is 7.50. The molecule has 0 radical (unpaired) electrons. The predicted molar refractivity (Wildman–Crippen MR) is 140 cm³/mol. The van der Waals surface area contributed by atoms with Crippen LogP contribution in [0.1, 0.15) is 55.7 Å². The molecule has 2 aliphatic rings. The summed E-state index contributed by atoms with van der Waals surface area (Å²) in [7, 11) is 0. The lowest BCUT2D eigenvalue weighted by atomic mass is 9.89. The van der Waals surface area contributed by atoms with Crippen LogP contribution in [-0.2, 0) is 9.53 Å². The first-order chi connectivity index (χ1) is 19.2. The summed E-state index contributed by atoms with van der Waals surface area (Å²) >= 11 is 0. The van der Waals surface area contributed by atoms with Crippen molar-refractivity contribution in [3.8, 4) is 16.9 Å². The van der Waals surface area contributed by atoms with Crippen molar-refractivity contribution in [3.63, 3.8) is 0 Å². The van der Waals surface area contributed by atoms with Crippen LogP contribution in [-0.4, -0.2) is 24.7 Å². The van der Waals surface area contributed by atoms with Crippen LogP contribution in [0.3, 0.4) is 0 Å². The maximum absolute atomic E-state index is 14.6.